The number of hydrogen-bond acceptors (Lipinski definition) is 5. The van der Waals surface area contributed by atoms with Gasteiger partial charge in [-0.05, 0) is 47.4 Å². The number of carbonyl (C=O) groups excluding carboxylic acids is 1. The lowest BCUT2D eigenvalue weighted by Crippen LogP contribution is -2.23. The van der Waals surface area contributed by atoms with Crippen molar-refractivity contribution in [1.29, 1.82) is 0 Å². The summed E-state index contributed by atoms with van der Waals surface area (Å²) in [5, 5.41) is 17.3. The maximum atomic E-state index is 12.8. The molecule has 1 unspecified atom stereocenters. The molecule has 1 N–H and O–H groups in total. The lowest BCUT2D eigenvalue weighted by atomic mass is 10.1. The summed E-state index contributed by atoms with van der Waals surface area (Å²) in [6.45, 7) is 3.85. The first-order valence-electron chi connectivity index (χ1n) is 8.93. The fourth-order valence-electron chi connectivity index (χ4n) is 2.99. The van der Waals surface area contributed by atoms with Crippen LogP contribution >= 0.6 is 11.8 Å². The molecule has 0 saturated carbocycles. The van der Waals surface area contributed by atoms with Crippen LogP contribution in [0, 0.1) is 6.92 Å². The number of anilines is 1. The summed E-state index contributed by atoms with van der Waals surface area (Å²) in [4.78, 5) is 12.8. The molecule has 140 valence electrons. The van der Waals surface area contributed by atoms with Gasteiger partial charge in [-0.2, -0.15) is 4.68 Å². The average molecular weight is 389 g/mol. The number of benzene rings is 3. The second-order valence-corrected chi connectivity index (χ2v) is 7.74. The van der Waals surface area contributed by atoms with E-state index in [0.717, 1.165) is 27.7 Å². The molecule has 28 heavy (non-hydrogen) atoms. The Kier molecular flexibility index (Phi) is 5.08. The van der Waals surface area contributed by atoms with Gasteiger partial charge in [0.15, 0.2) is 0 Å². The van der Waals surface area contributed by atoms with Crippen molar-refractivity contribution in [1.82, 2.24) is 20.2 Å². The van der Waals surface area contributed by atoms with Crippen LogP contribution in [-0.4, -0.2) is 31.4 Å². The van der Waals surface area contributed by atoms with Crippen LogP contribution in [0.15, 0.2) is 71.9 Å². The molecule has 0 aliphatic rings. The van der Waals surface area contributed by atoms with Crippen LogP contribution in [0.5, 0.6) is 0 Å². The normalized spacial score (nSPS) is 12.1. The number of aromatic nitrogens is 4. The van der Waals surface area contributed by atoms with Crippen LogP contribution < -0.4 is 5.32 Å². The van der Waals surface area contributed by atoms with Crippen molar-refractivity contribution >= 4 is 34.1 Å². The Morgan fingerprint density at radius 1 is 1.04 bits per heavy atom. The summed E-state index contributed by atoms with van der Waals surface area (Å²) < 4.78 is 1.67. The molecule has 3 aromatic carbocycles. The SMILES string of the molecule is Cc1ccccc1-n1nnnc1SC(C)C(=O)Nc1cccc2ccccc12. The van der Waals surface area contributed by atoms with Crippen molar-refractivity contribution in [2.24, 2.45) is 0 Å². The number of carbonyl (C=O) groups is 1. The molecule has 0 aliphatic carbocycles. The fourth-order valence-corrected chi connectivity index (χ4v) is 3.79. The van der Waals surface area contributed by atoms with Gasteiger partial charge in [0, 0.05) is 11.1 Å². The van der Waals surface area contributed by atoms with E-state index in [9.17, 15) is 4.79 Å². The molecule has 1 heterocycles. The molecule has 0 spiro atoms. The predicted octanol–water partition coefficient (Wildman–Crippen LogP) is 4.24. The highest BCUT2D eigenvalue weighted by atomic mass is 32.2. The standard InChI is InChI=1S/C21H19N5OS/c1-14-8-3-6-13-19(14)26-21(23-24-25-26)28-15(2)20(27)22-18-12-7-10-16-9-4-5-11-17(16)18/h3-13,15H,1-2H3,(H,22,27). The summed E-state index contributed by atoms with van der Waals surface area (Å²) >= 11 is 1.33. The molecule has 1 amide bonds. The van der Waals surface area contributed by atoms with E-state index in [0.29, 0.717) is 5.16 Å². The van der Waals surface area contributed by atoms with Crippen molar-refractivity contribution < 1.29 is 4.79 Å². The Bertz CT molecular complexity index is 1140. The summed E-state index contributed by atoms with van der Waals surface area (Å²) in [5.41, 5.74) is 2.76. The summed E-state index contributed by atoms with van der Waals surface area (Å²) in [7, 11) is 0. The van der Waals surface area contributed by atoms with Gasteiger partial charge in [0.2, 0.25) is 11.1 Å². The lowest BCUT2D eigenvalue weighted by Gasteiger charge is -2.13. The van der Waals surface area contributed by atoms with Crippen molar-refractivity contribution in [3.05, 3.63) is 72.3 Å². The fraction of sp³-hybridized carbons (Fsp3) is 0.143. The minimum atomic E-state index is -0.368. The number of hydrogen-bond donors (Lipinski definition) is 1. The quantitative estimate of drug-likeness (QED) is 0.517. The molecule has 6 nitrogen and oxygen atoms in total. The number of tetrazole rings is 1. The van der Waals surface area contributed by atoms with Gasteiger partial charge in [-0.15, -0.1) is 5.10 Å². The Labute approximate surface area is 167 Å². The highest BCUT2D eigenvalue weighted by Crippen LogP contribution is 2.27. The summed E-state index contributed by atoms with van der Waals surface area (Å²) in [5.74, 6) is -0.0966. The first kappa shape index (κ1) is 18.2. The minimum absolute atomic E-state index is 0.0966. The van der Waals surface area contributed by atoms with Crippen LogP contribution in [0.25, 0.3) is 16.5 Å². The van der Waals surface area contributed by atoms with Crippen molar-refractivity contribution in [2.75, 3.05) is 5.32 Å². The number of nitrogens with zero attached hydrogens (tertiary/aromatic N) is 4. The van der Waals surface area contributed by atoms with E-state index in [1.807, 2.05) is 80.6 Å². The Balaban J connectivity index is 1.53. The highest BCUT2D eigenvalue weighted by molar-refractivity contribution is 8.00. The number of fused-ring (bicyclic) bond motifs is 1. The van der Waals surface area contributed by atoms with Crippen LogP contribution in [0.3, 0.4) is 0 Å². The molecule has 0 fully saturated rings. The number of rotatable bonds is 5. The Hall–Kier alpha value is -3.19. The average Bonchev–Trinajstić information content (AvgIpc) is 3.16. The maximum Gasteiger partial charge on any atom is 0.237 e. The molecular formula is C21H19N5OS. The molecule has 7 heteroatoms. The topological polar surface area (TPSA) is 72.7 Å². The van der Waals surface area contributed by atoms with Crippen molar-refractivity contribution in [3.63, 3.8) is 0 Å². The number of para-hydroxylation sites is 1. The zero-order valence-electron chi connectivity index (χ0n) is 15.5. The summed E-state index contributed by atoms with van der Waals surface area (Å²) in [6, 6.07) is 21.7. The Morgan fingerprint density at radius 3 is 2.64 bits per heavy atom. The third-order valence-electron chi connectivity index (χ3n) is 4.48. The highest BCUT2D eigenvalue weighted by Gasteiger charge is 2.20. The van der Waals surface area contributed by atoms with E-state index in [-0.39, 0.29) is 11.2 Å². The zero-order valence-corrected chi connectivity index (χ0v) is 16.4. The van der Waals surface area contributed by atoms with E-state index in [1.54, 1.807) is 4.68 Å². The number of nitrogens with one attached hydrogen (secondary N) is 1. The molecule has 1 aromatic heterocycles. The zero-order chi connectivity index (χ0) is 19.5. The second kappa shape index (κ2) is 7.82. The first-order valence-corrected chi connectivity index (χ1v) is 9.81. The molecule has 4 rings (SSSR count). The number of thioether (sulfide) groups is 1. The second-order valence-electron chi connectivity index (χ2n) is 6.44. The van der Waals surface area contributed by atoms with E-state index >= 15 is 0 Å². The van der Waals surface area contributed by atoms with E-state index < -0.39 is 0 Å². The van der Waals surface area contributed by atoms with E-state index in [1.165, 1.54) is 11.8 Å². The lowest BCUT2D eigenvalue weighted by molar-refractivity contribution is -0.115. The van der Waals surface area contributed by atoms with Gasteiger partial charge in [-0.1, -0.05) is 66.4 Å². The first-order chi connectivity index (χ1) is 13.6. The largest absolute Gasteiger partial charge is 0.325 e. The molecule has 4 aromatic rings. The molecule has 0 radical (unpaired) electrons. The van der Waals surface area contributed by atoms with E-state index in [2.05, 4.69) is 20.8 Å². The van der Waals surface area contributed by atoms with Crippen LogP contribution in [0.1, 0.15) is 12.5 Å². The predicted molar refractivity (Wildman–Crippen MR) is 112 cm³/mol. The van der Waals surface area contributed by atoms with Crippen molar-refractivity contribution in [2.45, 2.75) is 24.3 Å². The minimum Gasteiger partial charge on any atom is -0.325 e. The maximum absolute atomic E-state index is 12.8. The number of aryl methyl sites for hydroxylation is 1. The van der Waals surface area contributed by atoms with Gasteiger partial charge in [0.05, 0.1) is 10.9 Å². The molecule has 0 saturated heterocycles. The van der Waals surface area contributed by atoms with Crippen molar-refractivity contribution in [3.8, 4) is 5.69 Å². The molecule has 0 bridgehead atoms. The Morgan fingerprint density at radius 2 is 1.79 bits per heavy atom. The molecular weight excluding hydrogens is 370 g/mol. The van der Waals surface area contributed by atoms with Gasteiger partial charge in [-0.25, -0.2) is 0 Å². The van der Waals surface area contributed by atoms with Crippen LogP contribution in [0.4, 0.5) is 5.69 Å². The number of amides is 1. The summed E-state index contributed by atoms with van der Waals surface area (Å²) in [6.07, 6.45) is 0. The van der Waals surface area contributed by atoms with Crippen LogP contribution in [-0.2, 0) is 4.79 Å². The molecule has 1 atom stereocenters. The van der Waals surface area contributed by atoms with Gasteiger partial charge in [0.1, 0.15) is 0 Å². The third-order valence-corrected chi connectivity index (χ3v) is 5.52. The van der Waals surface area contributed by atoms with Gasteiger partial charge < -0.3 is 5.32 Å². The smallest absolute Gasteiger partial charge is 0.237 e. The van der Waals surface area contributed by atoms with Gasteiger partial charge >= 0.3 is 0 Å². The van der Waals surface area contributed by atoms with Gasteiger partial charge in [0.25, 0.3) is 0 Å². The third kappa shape index (κ3) is 3.61. The van der Waals surface area contributed by atoms with E-state index in [4.69, 9.17) is 0 Å². The monoisotopic (exact) mass is 389 g/mol. The van der Waals surface area contributed by atoms with Crippen LogP contribution in [0.2, 0.25) is 0 Å². The van der Waals surface area contributed by atoms with Gasteiger partial charge in [-0.3, -0.25) is 4.79 Å². The molecule has 0 aliphatic heterocycles.